The van der Waals surface area contributed by atoms with Crippen molar-refractivity contribution < 1.29 is 18.3 Å². The predicted octanol–water partition coefficient (Wildman–Crippen LogP) is 2.28. The summed E-state index contributed by atoms with van der Waals surface area (Å²) in [7, 11) is 0. The van der Waals surface area contributed by atoms with Crippen molar-refractivity contribution in [2.24, 2.45) is 11.8 Å². The van der Waals surface area contributed by atoms with Gasteiger partial charge in [-0.2, -0.15) is 13.2 Å². The Balaban J connectivity index is 2.44. The van der Waals surface area contributed by atoms with E-state index in [9.17, 15) is 13.2 Å². The van der Waals surface area contributed by atoms with Crippen molar-refractivity contribution in [2.45, 2.75) is 45.5 Å². The van der Waals surface area contributed by atoms with Crippen molar-refractivity contribution in [1.29, 1.82) is 0 Å². The molecule has 0 amide bonds. The molecule has 1 aliphatic carbocycles. The minimum absolute atomic E-state index is 0.0322. The van der Waals surface area contributed by atoms with E-state index in [2.05, 4.69) is 6.92 Å². The molecule has 1 rings (SSSR count). The van der Waals surface area contributed by atoms with Gasteiger partial charge in [-0.1, -0.05) is 6.92 Å². The molecule has 1 fully saturated rings. The number of nitrogens with zero attached hydrogens (tertiary/aromatic N) is 1. The van der Waals surface area contributed by atoms with E-state index in [4.69, 9.17) is 5.11 Å². The zero-order valence-electron chi connectivity index (χ0n) is 9.96. The fourth-order valence-electron chi connectivity index (χ4n) is 1.78. The second kappa shape index (κ2) is 4.92. The number of aliphatic hydroxyl groups excluding tert-OH is 1. The summed E-state index contributed by atoms with van der Waals surface area (Å²) >= 11 is 0. The lowest BCUT2D eigenvalue weighted by molar-refractivity contribution is -0.209. The van der Waals surface area contributed by atoms with Crippen LogP contribution >= 0.6 is 0 Å². The van der Waals surface area contributed by atoms with Gasteiger partial charge in [-0.05, 0) is 32.1 Å². The highest BCUT2D eigenvalue weighted by Gasteiger charge is 2.41. The average Bonchev–Trinajstić information content (AvgIpc) is 2.78. The van der Waals surface area contributed by atoms with Gasteiger partial charge < -0.3 is 5.11 Å². The molecule has 0 spiro atoms. The van der Waals surface area contributed by atoms with Gasteiger partial charge in [-0.25, -0.2) is 0 Å². The summed E-state index contributed by atoms with van der Waals surface area (Å²) < 4.78 is 36.7. The van der Waals surface area contributed by atoms with Gasteiger partial charge in [-0.3, -0.25) is 4.90 Å². The molecule has 16 heavy (non-hydrogen) atoms. The Hall–Kier alpha value is -0.290. The van der Waals surface area contributed by atoms with Gasteiger partial charge in [0.15, 0.2) is 6.10 Å². The van der Waals surface area contributed by atoms with Gasteiger partial charge in [-0.15, -0.1) is 0 Å². The normalized spacial score (nSPS) is 27.6. The fraction of sp³-hybridized carbons (Fsp3) is 1.00. The van der Waals surface area contributed by atoms with Gasteiger partial charge in [0.25, 0.3) is 0 Å². The zero-order valence-corrected chi connectivity index (χ0v) is 9.96. The summed E-state index contributed by atoms with van der Waals surface area (Å²) in [6.07, 6.45) is -5.66. The van der Waals surface area contributed by atoms with Crippen LogP contribution in [0.3, 0.4) is 0 Å². The van der Waals surface area contributed by atoms with Crippen LogP contribution in [0.1, 0.15) is 27.2 Å². The number of halogens is 3. The number of hydrogen-bond acceptors (Lipinski definition) is 2. The quantitative estimate of drug-likeness (QED) is 0.795. The maximum atomic E-state index is 12.2. The van der Waals surface area contributed by atoms with E-state index < -0.39 is 12.3 Å². The molecule has 1 N–H and O–H groups in total. The van der Waals surface area contributed by atoms with E-state index in [1.54, 1.807) is 4.90 Å². The van der Waals surface area contributed by atoms with Crippen molar-refractivity contribution in [1.82, 2.24) is 4.90 Å². The third kappa shape index (κ3) is 3.94. The van der Waals surface area contributed by atoms with Crippen LogP contribution < -0.4 is 0 Å². The summed E-state index contributed by atoms with van der Waals surface area (Å²) in [4.78, 5) is 1.71. The standard InChI is InChI=1S/C11H20F3NO/c1-7(2)15(5-9-4-8(9)3)6-10(16)11(12,13)14/h7-10,16H,4-6H2,1-3H3. The third-order valence-corrected chi connectivity index (χ3v) is 3.26. The molecule has 0 aromatic rings. The fourth-order valence-corrected chi connectivity index (χ4v) is 1.78. The topological polar surface area (TPSA) is 23.5 Å². The molecule has 0 heterocycles. The third-order valence-electron chi connectivity index (χ3n) is 3.26. The van der Waals surface area contributed by atoms with Crippen LogP contribution in [0.2, 0.25) is 0 Å². The second-order valence-corrected chi connectivity index (χ2v) is 5.08. The molecular weight excluding hydrogens is 219 g/mol. The van der Waals surface area contributed by atoms with E-state index in [-0.39, 0.29) is 12.6 Å². The number of alkyl halides is 3. The smallest absolute Gasteiger partial charge is 0.382 e. The molecule has 0 saturated heterocycles. The van der Waals surface area contributed by atoms with Crippen molar-refractivity contribution in [3.05, 3.63) is 0 Å². The SMILES string of the molecule is CC1CC1CN(CC(O)C(F)(F)F)C(C)C. The molecule has 3 atom stereocenters. The van der Waals surface area contributed by atoms with Crippen LogP contribution in [-0.2, 0) is 0 Å². The zero-order chi connectivity index (χ0) is 12.5. The maximum Gasteiger partial charge on any atom is 0.415 e. The molecule has 1 saturated carbocycles. The van der Waals surface area contributed by atoms with E-state index in [0.717, 1.165) is 6.42 Å². The number of rotatable bonds is 5. The molecule has 3 unspecified atom stereocenters. The first-order valence-electron chi connectivity index (χ1n) is 5.70. The highest BCUT2D eigenvalue weighted by Crippen LogP contribution is 2.38. The molecular formula is C11H20F3NO. The van der Waals surface area contributed by atoms with Crippen LogP contribution in [0.5, 0.6) is 0 Å². The van der Waals surface area contributed by atoms with Crippen LogP contribution in [0.15, 0.2) is 0 Å². The maximum absolute atomic E-state index is 12.2. The van der Waals surface area contributed by atoms with E-state index >= 15 is 0 Å². The Labute approximate surface area is 94.4 Å². The Morgan fingerprint density at radius 2 is 1.88 bits per heavy atom. The first-order valence-corrected chi connectivity index (χ1v) is 5.70. The summed E-state index contributed by atoms with van der Waals surface area (Å²) in [5.74, 6) is 1.12. The Morgan fingerprint density at radius 3 is 2.19 bits per heavy atom. The highest BCUT2D eigenvalue weighted by molar-refractivity contribution is 4.87. The number of aliphatic hydroxyl groups is 1. The summed E-state index contributed by atoms with van der Waals surface area (Å²) in [5, 5.41) is 9.04. The first-order chi connectivity index (χ1) is 7.21. The number of hydrogen-bond donors (Lipinski definition) is 1. The Morgan fingerprint density at radius 1 is 1.38 bits per heavy atom. The van der Waals surface area contributed by atoms with Gasteiger partial charge in [0, 0.05) is 19.1 Å². The van der Waals surface area contributed by atoms with Crippen LogP contribution in [0.25, 0.3) is 0 Å². The highest BCUT2D eigenvalue weighted by atomic mass is 19.4. The summed E-state index contributed by atoms with van der Waals surface area (Å²) in [6, 6.07) is 0.0322. The first kappa shape index (κ1) is 13.8. The molecule has 0 aromatic carbocycles. The minimum atomic E-state index is -4.51. The summed E-state index contributed by atoms with van der Waals surface area (Å²) in [6.45, 7) is 6.16. The van der Waals surface area contributed by atoms with Gasteiger partial charge in [0.1, 0.15) is 0 Å². The molecule has 2 nitrogen and oxygen atoms in total. The van der Waals surface area contributed by atoms with Crippen molar-refractivity contribution in [3.63, 3.8) is 0 Å². The van der Waals surface area contributed by atoms with Crippen molar-refractivity contribution in [2.75, 3.05) is 13.1 Å². The minimum Gasteiger partial charge on any atom is -0.382 e. The van der Waals surface area contributed by atoms with Crippen molar-refractivity contribution >= 4 is 0 Å². The predicted molar refractivity (Wildman–Crippen MR) is 56.0 cm³/mol. The van der Waals surface area contributed by atoms with E-state index in [0.29, 0.717) is 18.4 Å². The largest absolute Gasteiger partial charge is 0.415 e. The van der Waals surface area contributed by atoms with Crippen LogP contribution in [0.4, 0.5) is 13.2 Å². The summed E-state index contributed by atoms with van der Waals surface area (Å²) in [5.41, 5.74) is 0. The van der Waals surface area contributed by atoms with Gasteiger partial charge in [0.05, 0.1) is 0 Å². The Kier molecular flexibility index (Phi) is 4.23. The second-order valence-electron chi connectivity index (χ2n) is 5.08. The molecule has 0 bridgehead atoms. The molecule has 0 radical (unpaired) electrons. The van der Waals surface area contributed by atoms with Gasteiger partial charge in [0.2, 0.25) is 0 Å². The lowest BCUT2D eigenvalue weighted by Gasteiger charge is -2.29. The molecule has 0 aromatic heterocycles. The van der Waals surface area contributed by atoms with Gasteiger partial charge >= 0.3 is 6.18 Å². The lowest BCUT2D eigenvalue weighted by atomic mass is 10.2. The Bertz CT molecular complexity index is 230. The van der Waals surface area contributed by atoms with Crippen LogP contribution in [0, 0.1) is 11.8 Å². The van der Waals surface area contributed by atoms with Crippen molar-refractivity contribution in [3.8, 4) is 0 Å². The molecule has 0 aliphatic heterocycles. The molecule has 5 heteroatoms. The van der Waals surface area contributed by atoms with Crippen LogP contribution in [-0.4, -0.2) is 41.4 Å². The van der Waals surface area contributed by atoms with E-state index in [1.807, 2.05) is 13.8 Å². The van der Waals surface area contributed by atoms with E-state index in [1.165, 1.54) is 0 Å². The average molecular weight is 239 g/mol. The molecule has 1 aliphatic rings. The molecule has 96 valence electrons. The lowest BCUT2D eigenvalue weighted by Crippen LogP contribution is -2.44. The monoisotopic (exact) mass is 239 g/mol.